The first-order valence-electron chi connectivity index (χ1n) is 11.2. The summed E-state index contributed by atoms with van der Waals surface area (Å²) in [5, 5.41) is 15.7. The summed E-state index contributed by atoms with van der Waals surface area (Å²) in [6, 6.07) is 12.4. The Hall–Kier alpha value is -2.84. The molecule has 0 aliphatic heterocycles. The summed E-state index contributed by atoms with van der Waals surface area (Å²) in [6.45, 7) is 10.6. The number of carbonyl (C=O) groups is 2. The predicted molar refractivity (Wildman–Crippen MR) is 137 cm³/mol. The van der Waals surface area contributed by atoms with Gasteiger partial charge in [-0.2, -0.15) is 0 Å². The minimum Gasteiger partial charge on any atom is -0.342 e. The Labute approximate surface area is 209 Å². The molecule has 0 saturated carbocycles. The molecule has 0 bridgehead atoms. The highest BCUT2D eigenvalue weighted by Gasteiger charge is 2.26. The number of anilines is 1. The number of benzene rings is 2. The van der Waals surface area contributed by atoms with Crippen molar-refractivity contribution in [1.29, 1.82) is 0 Å². The SMILES string of the molecule is CCn1c(SCC(=O)Nc2cccc(C)c2C)nnc1C(NC(=O)c1ccccc1Cl)C(C)C. The Bertz CT molecular complexity index is 1180. The Morgan fingerprint density at radius 1 is 1.09 bits per heavy atom. The quantitative estimate of drug-likeness (QED) is 0.383. The largest absolute Gasteiger partial charge is 0.342 e. The van der Waals surface area contributed by atoms with E-state index >= 15 is 0 Å². The zero-order valence-electron chi connectivity index (χ0n) is 20.1. The topological polar surface area (TPSA) is 88.9 Å². The van der Waals surface area contributed by atoms with Crippen LogP contribution in [-0.4, -0.2) is 32.3 Å². The van der Waals surface area contributed by atoms with E-state index in [1.54, 1.807) is 24.3 Å². The monoisotopic (exact) mass is 499 g/mol. The molecule has 7 nitrogen and oxygen atoms in total. The number of rotatable bonds is 9. The van der Waals surface area contributed by atoms with E-state index < -0.39 is 0 Å². The van der Waals surface area contributed by atoms with Crippen LogP contribution in [0, 0.1) is 19.8 Å². The number of halogens is 1. The number of nitrogens with one attached hydrogen (secondary N) is 2. The minimum atomic E-state index is -0.366. The molecule has 1 aromatic heterocycles. The number of amides is 2. The summed E-state index contributed by atoms with van der Waals surface area (Å²) in [7, 11) is 0. The fraction of sp³-hybridized carbons (Fsp3) is 0.360. The second kappa shape index (κ2) is 11.5. The normalized spacial score (nSPS) is 12.0. The molecule has 2 N–H and O–H groups in total. The minimum absolute atomic E-state index is 0.0615. The van der Waals surface area contributed by atoms with Crippen molar-refractivity contribution in [1.82, 2.24) is 20.1 Å². The summed E-state index contributed by atoms with van der Waals surface area (Å²) >= 11 is 7.52. The summed E-state index contributed by atoms with van der Waals surface area (Å²) in [6.07, 6.45) is 0. The van der Waals surface area contributed by atoms with Gasteiger partial charge in [0.1, 0.15) is 0 Å². The molecule has 0 saturated heterocycles. The maximum absolute atomic E-state index is 12.9. The van der Waals surface area contributed by atoms with Crippen molar-refractivity contribution in [2.45, 2.75) is 52.4 Å². The maximum Gasteiger partial charge on any atom is 0.253 e. The van der Waals surface area contributed by atoms with Gasteiger partial charge < -0.3 is 15.2 Å². The lowest BCUT2D eigenvalue weighted by Crippen LogP contribution is -2.34. The van der Waals surface area contributed by atoms with Crippen LogP contribution < -0.4 is 10.6 Å². The van der Waals surface area contributed by atoms with E-state index in [9.17, 15) is 9.59 Å². The Morgan fingerprint density at radius 2 is 1.82 bits per heavy atom. The first-order chi connectivity index (χ1) is 16.2. The van der Waals surface area contributed by atoms with Gasteiger partial charge in [-0.3, -0.25) is 9.59 Å². The summed E-state index contributed by atoms with van der Waals surface area (Å²) < 4.78 is 1.94. The van der Waals surface area contributed by atoms with Gasteiger partial charge in [0, 0.05) is 12.2 Å². The maximum atomic E-state index is 12.9. The third-order valence-corrected chi connectivity index (χ3v) is 6.92. The lowest BCUT2D eigenvalue weighted by atomic mass is 10.0. The Balaban J connectivity index is 1.73. The van der Waals surface area contributed by atoms with Crippen molar-refractivity contribution in [3.05, 3.63) is 70.0 Å². The smallest absolute Gasteiger partial charge is 0.253 e. The molecule has 34 heavy (non-hydrogen) atoms. The van der Waals surface area contributed by atoms with Crippen LogP contribution in [0.5, 0.6) is 0 Å². The van der Waals surface area contributed by atoms with Gasteiger partial charge in [-0.05, 0) is 56.0 Å². The third-order valence-electron chi connectivity index (χ3n) is 5.62. The molecule has 0 spiro atoms. The average Bonchev–Trinajstić information content (AvgIpc) is 3.21. The average molecular weight is 500 g/mol. The molecule has 3 aromatic rings. The Morgan fingerprint density at radius 3 is 2.50 bits per heavy atom. The van der Waals surface area contributed by atoms with E-state index in [-0.39, 0.29) is 29.5 Å². The number of aryl methyl sites for hydroxylation is 1. The number of hydrogen-bond acceptors (Lipinski definition) is 5. The molecule has 2 amide bonds. The molecule has 0 aliphatic rings. The molecule has 0 aliphatic carbocycles. The second-order valence-corrected chi connectivity index (χ2v) is 9.69. The van der Waals surface area contributed by atoms with Crippen molar-refractivity contribution in [2.75, 3.05) is 11.1 Å². The highest BCUT2D eigenvalue weighted by molar-refractivity contribution is 7.99. The van der Waals surface area contributed by atoms with Crippen LogP contribution in [0.2, 0.25) is 5.02 Å². The second-order valence-electron chi connectivity index (χ2n) is 8.34. The summed E-state index contributed by atoms with van der Waals surface area (Å²) in [4.78, 5) is 25.5. The van der Waals surface area contributed by atoms with Crippen molar-refractivity contribution >= 4 is 40.9 Å². The van der Waals surface area contributed by atoms with Gasteiger partial charge in [0.05, 0.1) is 22.4 Å². The van der Waals surface area contributed by atoms with Crippen LogP contribution in [0.4, 0.5) is 5.69 Å². The lowest BCUT2D eigenvalue weighted by Gasteiger charge is -2.22. The molecule has 0 fully saturated rings. The van der Waals surface area contributed by atoms with E-state index in [0.717, 1.165) is 16.8 Å². The molecular weight excluding hydrogens is 470 g/mol. The van der Waals surface area contributed by atoms with E-state index in [1.807, 2.05) is 57.4 Å². The van der Waals surface area contributed by atoms with E-state index in [0.29, 0.717) is 28.1 Å². The van der Waals surface area contributed by atoms with E-state index in [2.05, 4.69) is 20.8 Å². The fourth-order valence-corrected chi connectivity index (χ4v) is 4.56. The number of carbonyl (C=O) groups excluding carboxylic acids is 2. The summed E-state index contributed by atoms with van der Waals surface area (Å²) in [5.74, 6) is 0.529. The molecule has 0 radical (unpaired) electrons. The van der Waals surface area contributed by atoms with Gasteiger partial charge in [0.25, 0.3) is 5.91 Å². The van der Waals surface area contributed by atoms with Crippen molar-refractivity contribution in [3.8, 4) is 0 Å². The number of nitrogens with zero attached hydrogens (tertiary/aromatic N) is 3. The number of aromatic nitrogens is 3. The van der Waals surface area contributed by atoms with Gasteiger partial charge in [0.2, 0.25) is 5.91 Å². The first kappa shape index (κ1) is 25.8. The van der Waals surface area contributed by atoms with Crippen molar-refractivity contribution in [2.24, 2.45) is 5.92 Å². The molecule has 9 heteroatoms. The molecule has 1 heterocycles. The standard InChI is InChI=1S/C25H30ClN5O2S/c1-6-31-23(22(15(2)3)28-24(33)18-11-7-8-12-19(18)26)29-30-25(31)34-14-21(32)27-20-13-9-10-16(4)17(20)5/h7-13,15,22H,6,14H2,1-5H3,(H,27,32)(H,28,33). The first-order valence-corrected chi connectivity index (χ1v) is 12.6. The van der Waals surface area contributed by atoms with Crippen LogP contribution in [0.25, 0.3) is 0 Å². The lowest BCUT2D eigenvalue weighted by molar-refractivity contribution is -0.113. The van der Waals surface area contributed by atoms with Crippen LogP contribution in [0.15, 0.2) is 47.6 Å². The van der Waals surface area contributed by atoms with Gasteiger partial charge in [-0.25, -0.2) is 0 Å². The summed E-state index contributed by atoms with van der Waals surface area (Å²) in [5.41, 5.74) is 3.40. The van der Waals surface area contributed by atoms with Crippen LogP contribution >= 0.6 is 23.4 Å². The van der Waals surface area contributed by atoms with Crippen molar-refractivity contribution < 1.29 is 9.59 Å². The molecular formula is C25H30ClN5O2S. The molecule has 180 valence electrons. The van der Waals surface area contributed by atoms with Gasteiger partial charge in [-0.15, -0.1) is 10.2 Å². The van der Waals surface area contributed by atoms with Gasteiger partial charge in [-0.1, -0.05) is 61.5 Å². The third kappa shape index (κ3) is 5.98. The predicted octanol–water partition coefficient (Wildman–Crippen LogP) is 5.43. The van der Waals surface area contributed by atoms with Crippen LogP contribution in [0.3, 0.4) is 0 Å². The van der Waals surface area contributed by atoms with E-state index in [1.165, 1.54) is 11.8 Å². The number of hydrogen-bond donors (Lipinski definition) is 2. The van der Waals surface area contributed by atoms with Gasteiger partial charge >= 0.3 is 0 Å². The highest BCUT2D eigenvalue weighted by atomic mass is 35.5. The zero-order chi connectivity index (χ0) is 24.8. The van der Waals surface area contributed by atoms with E-state index in [4.69, 9.17) is 11.6 Å². The molecule has 3 rings (SSSR count). The molecule has 2 aromatic carbocycles. The Kier molecular flexibility index (Phi) is 8.74. The van der Waals surface area contributed by atoms with Gasteiger partial charge in [0.15, 0.2) is 11.0 Å². The molecule has 1 unspecified atom stereocenters. The molecule has 1 atom stereocenters. The fourth-order valence-electron chi connectivity index (χ4n) is 3.53. The highest BCUT2D eigenvalue weighted by Crippen LogP contribution is 2.27. The van der Waals surface area contributed by atoms with Crippen molar-refractivity contribution in [3.63, 3.8) is 0 Å². The zero-order valence-corrected chi connectivity index (χ0v) is 21.6. The number of thioether (sulfide) groups is 1. The van der Waals surface area contributed by atoms with Crippen LogP contribution in [-0.2, 0) is 11.3 Å². The van der Waals surface area contributed by atoms with Crippen LogP contribution in [0.1, 0.15) is 54.1 Å².